The van der Waals surface area contributed by atoms with E-state index in [4.69, 9.17) is 0 Å². The van der Waals surface area contributed by atoms with Gasteiger partial charge in [0.1, 0.15) is 0 Å². The summed E-state index contributed by atoms with van der Waals surface area (Å²) in [5, 5.41) is 0. The van der Waals surface area contributed by atoms with Gasteiger partial charge in [-0.3, -0.25) is 9.59 Å². The average Bonchev–Trinajstić information content (AvgIpc) is 2.05. The Morgan fingerprint density at radius 2 is 1.73 bits per heavy atom. The Kier molecular flexibility index (Phi) is 4.65. The molecule has 0 unspecified atom stereocenters. The second-order valence-electron chi connectivity index (χ2n) is 1.85. The van der Waals surface area contributed by atoms with Crippen molar-refractivity contribution in [3.05, 3.63) is 36.0 Å². The fourth-order valence-electron chi connectivity index (χ4n) is 0.617. The van der Waals surface area contributed by atoms with Gasteiger partial charge in [0, 0.05) is 11.1 Å². The Hall–Kier alpha value is -1.44. The first-order chi connectivity index (χ1) is 5.29. The van der Waals surface area contributed by atoms with Gasteiger partial charge in [-0.2, -0.15) is 0 Å². The third kappa shape index (κ3) is 2.76. The van der Waals surface area contributed by atoms with Crippen molar-refractivity contribution in [2.45, 2.75) is 6.92 Å². The van der Waals surface area contributed by atoms with Crippen LogP contribution in [0.4, 0.5) is 0 Å². The molecule has 0 saturated heterocycles. The molecule has 0 amide bonds. The number of allylic oxidation sites excluding steroid dienone is 5. The number of carbonyl (C=O) groups is 2. The molecule has 0 spiro atoms. The lowest BCUT2D eigenvalue weighted by molar-refractivity contribution is -0.106. The van der Waals surface area contributed by atoms with Gasteiger partial charge in [-0.1, -0.05) is 24.8 Å². The van der Waals surface area contributed by atoms with Crippen molar-refractivity contribution >= 4 is 12.6 Å². The summed E-state index contributed by atoms with van der Waals surface area (Å²) in [6, 6.07) is 0. The van der Waals surface area contributed by atoms with E-state index in [1.807, 2.05) is 0 Å². The summed E-state index contributed by atoms with van der Waals surface area (Å²) in [6.07, 6.45) is 5.86. The lowest BCUT2D eigenvalue weighted by Crippen LogP contribution is -1.88. The smallest absolute Gasteiger partial charge is 0.150 e. The van der Waals surface area contributed by atoms with Gasteiger partial charge in [-0.05, 0) is 6.92 Å². The molecule has 0 fully saturated rings. The van der Waals surface area contributed by atoms with Crippen LogP contribution in [0.15, 0.2) is 36.0 Å². The predicted molar refractivity (Wildman–Crippen MR) is 44.2 cm³/mol. The first-order valence-electron chi connectivity index (χ1n) is 3.20. The fourth-order valence-corrected chi connectivity index (χ4v) is 0.617. The van der Waals surface area contributed by atoms with Gasteiger partial charge in [0.25, 0.3) is 0 Å². The second-order valence-corrected chi connectivity index (χ2v) is 1.85. The Morgan fingerprint density at radius 3 is 2.00 bits per heavy atom. The number of aldehydes is 2. The number of rotatable bonds is 4. The Labute approximate surface area is 65.9 Å². The van der Waals surface area contributed by atoms with E-state index in [2.05, 4.69) is 6.58 Å². The maximum Gasteiger partial charge on any atom is 0.150 e. The number of hydrogen-bond acceptors (Lipinski definition) is 2. The van der Waals surface area contributed by atoms with Gasteiger partial charge in [-0.25, -0.2) is 0 Å². The summed E-state index contributed by atoms with van der Waals surface area (Å²) >= 11 is 0. The van der Waals surface area contributed by atoms with Gasteiger partial charge in [0.15, 0.2) is 12.6 Å². The third-order valence-electron chi connectivity index (χ3n) is 1.15. The van der Waals surface area contributed by atoms with Gasteiger partial charge in [-0.15, -0.1) is 0 Å². The third-order valence-corrected chi connectivity index (χ3v) is 1.15. The van der Waals surface area contributed by atoms with E-state index in [-0.39, 0.29) is 0 Å². The summed E-state index contributed by atoms with van der Waals surface area (Å²) in [5.74, 6) is 0. The Bertz CT molecular complexity index is 212. The highest BCUT2D eigenvalue weighted by Crippen LogP contribution is 2.01. The van der Waals surface area contributed by atoms with E-state index >= 15 is 0 Å². The van der Waals surface area contributed by atoms with E-state index in [1.165, 1.54) is 6.08 Å². The minimum Gasteiger partial charge on any atom is -0.298 e. The van der Waals surface area contributed by atoms with Gasteiger partial charge in [0.05, 0.1) is 0 Å². The molecule has 0 atom stereocenters. The van der Waals surface area contributed by atoms with E-state index in [0.29, 0.717) is 23.7 Å². The van der Waals surface area contributed by atoms with Crippen molar-refractivity contribution in [3.8, 4) is 0 Å². The molecule has 0 N–H and O–H groups in total. The van der Waals surface area contributed by atoms with E-state index < -0.39 is 0 Å². The van der Waals surface area contributed by atoms with E-state index in [0.717, 1.165) is 0 Å². The molecule has 0 rings (SSSR count). The number of carbonyl (C=O) groups excluding carboxylic acids is 2. The number of hydrogen-bond donors (Lipinski definition) is 0. The molecule has 0 aliphatic carbocycles. The van der Waals surface area contributed by atoms with Crippen LogP contribution in [0.1, 0.15) is 6.92 Å². The molecule has 0 bridgehead atoms. The highest BCUT2D eigenvalue weighted by molar-refractivity contribution is 5.91. The minimum absolute atomic E-state index is 0.318. The van der Waals surface area contributed by atoms with Crippen LogP contribution in [0, 0.1) is 0 Å². The average molecular weight is 150 g/mol. The van der Waals surface area contributed by atoms with Crippen LogP contribution >= 0.6 is 0 Å². The van der Waals surface area contributed by atoms with Gasteiger partial charge < -0.3 is 0 Å². The molecule has 0 saturated carbocycles. The summed E-state index contributed by atoms with van der Waals surface area (Å²) < 4.78 is 0. The minimum atomic E-state index is 0.318. The second kappa shape index (κ2) is 5.35. The van der Waals surface area contributed by atoms with Crippen LogP contribution in [-0.2, 0) is 9.59 Å². The molecule has 0 heterocycles. The molecule has 58 valence electrons. The topological polar surface area (TPSA) is 34.1 Å². The largest absolute Gasteiger partial charge is 0.298 e. The van der Waals surface area contributed by atoms with Crippen molar-refractivity contribution in [2.24, 2.45) is 0 Å². The first-order valence-corrected chi connectivity index (χ1v) is 3.20. The molecule has 0 radical (unpaired) electrons. The fraction of sp³-hybridized carbons (Fsp3) is 0.111. The van der Waals surface area contributed by atoms with Crippen LogP contribution in [0.25, 0.3) is 0 Å². The lowest BCUT2D eigenvalue weighted by Gasteiger charge is -1.91. The monoisotopic (exact) mass is 150 g/mol. The molecule has 0 aliphatic rings. The van der Waals surface area contributed by atoms with Crippen molar-refractivity contribution in [1.82, 2.24) is 0 Å². The van der Waals surface area contributed by atoms with E-state index in [1.54, 1.807) is 19.1 Å². The normalized spacial score (nSPS) is 12.5. The highest BCUT2D eigenvalue weighted by Gasteiger charge is 1.95. The van der Waals surface area contributed by atoms with Crippen LogP contribution in [0.2, 0.25) is 0 Å². The molecule has 0 aromatic carbocycles. The van der Waals surface area contributed by atoms with Crippen LogP contribution < -0.4 is 0 Å². The summed E-state index contributed by atoms with van der Waals surface area (Å²) in [4.78, 5) is 20.6. The molecule has 2 heteroatoms. The molecule has 0 aromatic heterocycles. The summed E-state index contributed by atoms with van der Waals surface area (Å²) in [5.41, 5.74) is 0.676. The Morgan fingerprint density at radius 1 is 1.18 bits per heavy atom. The predicted octanol–water partition coefficient (Wildman–Crippen LogP) is 1.44. The maximum absolute atomic E-state index is 10.3. The molecular formula is C9H10O2. The summed E-state index contributed by atoms with van der Waals surface area (Å²) in [7, 11) is 0. The molecule has 2 nitrogen and oxygen atoms in total. The zero-order valence-corrected chi connectivity index (χ0v) is 6.41. The standard InChI is InChI=1S/C9H10O2/c1-3-5-9(7-11)8(4-2)6-10/h3-7H,2H2,1H3/b5-3-,9-8-. The van der Waals surface area contributed by atoms with Crippen LogP contribution in [-0.4, -0.2) is 12.6 Å². The van der Waals surface area contributed by atoms with Crippen LogP contribution in [0.5, 0.6) is 0 Å². The van der Waals surface area contributed by atoms with Gasteiger partial charge in [0.2, 0.25) is 0 Å². The molecular weight excluding hydrogens is 140 g/mol. The molecule has 0 aromatic rings. The Balaban J connectivity index is 4.90. The maximum atomic E-state index is 10.3. The SMILES string of the molecule is C=C/C(C=O)=C(C=O)\C=C/C. The first kappa shape index (κ1) is 9.56. The van der Waals surface area contributed by atoms with Crippen molar-refractivity contribution in [1.29, 1.82) is 0 Å². The van der Waals surface area contributed by atoms with Crippen LogP contribution in [0.3, 0.4) is 0 Å². The van der Waals surface area contributed by atoms with Crippen molar-refractivity contribution < 1.29 is 9.59 Å². The lowest BCUT2D eigenvalue weighted by atomic mass is 10.1. The zero-order valence-electron chi connectivity index (χ0n) is 6.41. The zero-order chi connectivity index (χ0) is 8.69. The van der Waals surface area contributed by atoms with Crippen molar-refractivity contribution in [3.63, 3.8) is 0 Å². The quantitative estimate of drug-likeness (QED) is 0.345. The van der Waals surface area contributed by atoms with E-state index in [9.17, 15) is 9.59 Å². The van der Waals surface area contributed by atoms with Crippen molar-refractivity contribution in [2.75, 3.05) is 0 Å². The van der Waals surface area contributed by atoms with Gasteiger partial charge >= 0.3 is 0 Å². The highest BCUT2D eigenvalue weighted by atomic mass is 16.1. The molecule has 11 heavy (non-hydrogen) atoms. The molecule has 0 aliphatic heterocycles. The summed E-state index contributed by atoms with van der Waals surface area (Å²) in [6.45, 7) is 5.17.